The summed E-state index contributed by atoms with van der Waals surface area (Å²) in [6.45, 7) is 0. The van der Waals surface area contributed by atoms with Crippen LogP contribution in [0.5, 0.6) is 11.5 Å². The third-order valence-electron chi connectivity index (χ3n) is 6.91. The Hall–Kier alpha value is -3.16. The Morgan fingerprint density at radius 3 is 1.39 bits per heavy atom. The Bertz CT molecular complexity index is 1480. The van der Waals surface area contributed by atoms with Gasteiger partial charge < -0.3 is 0 Å². The van der Waals surface area contributed by atoms with E-state index in [9.17, 15) is 19.2 Å². The van der Waals surface area contributed by atoms with E-state index in [0.29, 0.717) is 8.87 Å². The van der Waals surface area contributed by atoms with Gasteiger partial charge in [-0.15, -0.1) is 0 Å². The number of unbranched alkanes of at least 4 members (excludes halogenated alkanes) is 2. The minimum absolute atomic E-state index is 0.0269. The molecule has 0 aliphatic rings. The standard InChI is InChI=1S/C31H32O8Se2/c1-38-24-16-26-20(14-28(40-26)22(32)8-10-30(34)35)12-18(24)6-4-3-5-7-19-13-21-15-29(23(33)9-11-31(36)37)41-27(21)17-25(19)39-2/h12-17H,3-11H2,1-2H3,(H,34,35)(H,36,37). The van der Waals surface area contributed by atoms with Crippen LogP contribution in [0.4, 0.5) is 0 Å². The Balaban J connectivity index is 1.36. The summed E-state index contributed by atoms with van der Waals surface area (Å²) in [5, 5.41) is 19.8. The monoisotopic (exact) mass is 692 g/mol. The molecule has 0 amide bonds. The molecule has 2 N–H and O–H groups in total. The van der Waals surface area contributed by atoms with Crippen LogP contribution in [0.25, 0.3) is 19.3 Å². The number of methoxy groups -OCH3 is 2. The van der Waals surface area contributed by atoms with Crippen molar-refractivity contribution in [2.75, 3.05) is 14.2 Å². The SMILES string of the molecule is COc1cc2[se]c(C(=O)CCC(=O)O)cc2cc1CCCCCc1cc2cc(C(=O)CCC(=O)O)[se]c2cc1OC. The number of benzene rings is 2. The van der Waals surface area contributed by atoms with E-state index in [1.807, 2.05) is 24.3 Å². The molecule has 0 saturated carbocycles. The third-order valence-corrected chi connectivity index (χ3v) is 11.7. The van der Waals surface area contributed by atoms with E-state index in [-0.39, 0.29) is 66.3 Å². The summed E-state index contributed by atoms with van der Waals surface area (Å²) in [5.41, 5.74) is 2.19. The number of Topliss-reactive ketones (excluding diaryl/α,β-unsaturated/α-hetero) is 2. The van der Waals surface area contributed by atoms with Gasteiger partial charge in [0.15, 0.2) is 0 Å². The zero-order valence-corrected chi connectivity index (χ0v) is 26.4. The summed E-state index contributed by atoms with van der Waals surface area (Å²) in [5.74, 6) is -0.475. The molecule has 4 aromatic rings. The number of ketones is 2. The molecule has 0 bridgehead atoms. The Morgan fingerprint density at radius 1 is 0.610 bits per heavy atom. The number of aliphatic carboxylic acids is 2. The van der Waals surface area contributed by atoms with Gasteiger partial charge in [-0.3, -0.25) is 0 Å². The Morgan fingerprint density at radius 2 is 1.02 bits per heavy atom. The van der Waals surface area contributed by atoms with Crippen LogP contribution in [0.15, 0.2) is 36.4 Å². The summed E-state index contributed by atoms with van der Waals surface area (Å²) in [6, 6.07) is 12.0. The van der Waals surface area contributed by atoms with Crippen LogP contribution in [0.3, 0.4) is 0 Å². The van der Waals surface area contributed by atoms with Crippen molar-refractivity contribution in [3.05, 3.63) is 56.4 Å². The van der Waals surface area contributed by atoms with Crippen molar-refractivity contribution in [2.24, 2.45) is 0 Å². The maximum atomic E-state index is 12.4. The third kappa shape index (κ3) is 7.98. The van der Waals surface area contributed by atoms with Gasteiger partial charge in [-0.2, -0.15) is 0 Å². The van der Waals surface area contributed by atoms with Crippen molar-refractivity contribution in [1.29, 1.82) is 0 Å². The number of carbonyl (C=O) groups is 4. The fourth-order valence-corrected chi connectivity index (χ4v) is 9.14. The second kappa shape index (κ2) is 14.1. The first-order valence-corrected chi connectivity index (χ1v) is 16.8. The molecule has 2 heterocycles. The van der Waals surface area contributed by atoms with Gasteiger partial charge in [-0.05, 0) is 0 Å². The molecule has 8 nitrogen and oxygen atoms in total. The van der Waals surface area contributed by atoms with Crippen LogP contribution in [0.1, 0.15) is 74.5 Å². The van der Waals surface area contributed by atoms with E-state index < -0.39 is 11.9 Å². The summed E-state index contributed by atoms with van der Waals surface area (Å²) in [4.78, 5) is 46.5. The molecule has 2 aromatic heterocycles. The van der Waals surface area contributed by atoms with Crippen molar-refractivity contribution in [2.45, 2.75) is 57.8 Å². The molecule has 0 atom stereocenters. The summed E-state index contributed by atoms with van der Waals surface area (Å²) in [7, 11) is 3.31. The summed E-state index contributed by atoms with van der Waals surface area (Å²) >= 11 is -0.289. The first-order chi connectivity index (χ1) is 19.7. The maximum absolute atomic E-state index is 12.4. The van der Waals surface area contributed by atoms with E-state index >= 15 is 0 Å². The number of hydrogen-bond acceptors (Lipinski definition) is 6. The van der Waals surface area contributed by atoms with Crippen LogP contribution in [0.2, 0.25) is 0 Å². The zero-order chi connectivity index (χ0) is 29.5. The number of rotatable bonds is 16. The topological polar surface area (TPSA) is 127 Å². The van der Waals surface area contributed by atoms with Crippen LogP contribution >= 0.6 is 0 Å². The molecule has 0 saturated heterocycles. The molecule has 4 rings (SSSR count). The van der Waals surface area contributed by atoms with Crippen LogP contribution in [-0.4, -0.2) is 76.9 Å². The number of aryl methyl sites for hydroxylation is 2. The molecule has 0 aliphatic carbocycles. The number of carbonyl (C=O) groups excluding carboxylic acids is 2. The summed E-state index contributed by atoms with van der Waals surface area (Å²) in [6.07, 6.45) is 4.36. The molecule has 41 heavy (non-hydrogen) atoms. The van der Waals surface area contributed by atoms with Crippen LogP contribution < -0.4 is 9.47 Å². The van der Waals surface area contributed by atoms with Crippen LogP contribution in [-0.2, 0) is 22.4 Å². The Labute approximate surface area is 249 Å². The van der Waals surface area contributed by atoms with Gasteiger partial charge in [0.1, 0.15) is 0 Å². The van der Waals surface area contributed by atoms with Gasteiger partial charge >= 0.3 is 251 Å². The van der Waals surface area contributed by atoms with Gasteiger partial charge in [-0.25, -0.2) is 0 Å². The molecular weight excluding hydrogens is 658 g/mol. The summed E-state index contributed by atoms with van der Waals surface area (Å²) < 4.78 is 14.9. The van der Waals surface area contributed by atoms with E-state index in [1.54, 1.807) is 14.2 Å². The molecule has 216 valence electrons. The van der Waals surface area contributed by atoms with Crippen LogP contribution in [0, 0.1) is 0 Å². The van der Waals surface area contributed by atoms with Crippen molar-refractivity contribution in [3.8, 4) is 11.5 Å². The van der Waals surface area contributed by atoms with Gasteiger partial charge in [0.2, 0.25) is 0 Å². The molecule has 0 spiro atoms. The molecular formula is C31H32O8Se2. The van der Waals surface area contributed by atoms with E-state index in [1.165, 1.54) is 0 Å². The van der Waals surface area contributed by atoms with Crippen molar-refractivity contribution < 1.29 is 38.9 Å². The molecule has 2 aromatic carbocycles. The second-order valence-corrected chi connectivity index (χ2v) is 14.4. The van der Waals surface area contributed by atoms with Crippen molar-refractivity contribution in [3.63, 3.8) is 0 Å². The second-order valence-electron chi connectivity index (χ2n) is 9.82. The first-order valence-electron chi connectivity index (χ1n) is 13.4. The van der Waals surface area contributed by atoms with Gasteiger partial charge in [-0.1, -0.05) is 0 Å². The van der Waals surface area contributed by atoms with Crippen molar-refractivity contribution in [1.82, 2.24) is 0 Å². The average molecular weight is 691 g/mol. The number of fused-ring (bicyclic) bond motifs is 2. The molecule has 10 heteroatoms. The number of hydrogen-bond donors (Lipinski definition) is 2. The molecule has 0 radical (unpaired) electrons. The number of carboxylic acids is 2. The molecule has 0 unspecified atom stereocenters. The fraction of sp³-hybridized carbons (Fsp3) is 0.355. The first kappa shape index (κ1) is 30.8. The minimum atomic E-state index is -0.964. The van der Waals surface area contributed by atoms with E-state index in [2.05, 4.69) is 12.1 Å². The predicted molar refractivity (Wildman–Crippen MR) is 159 cm³/mol. The number of ether oxygens (including phenoxy) is 2. The quantitative estimate of drug-likeness (QED) is 0.0937. The molecule has 0 aliphatic heterocycles. The normalized spacial score (nSPS) is 11.2. The Kier molecular flexibility index (Phi) is 10.6. The molecule has 0 fully saturated rings. The number of carboxylic acid groups (broad SMARTS) is 2. The van der Waals surface area contributed by atoms with E-state index in [4.69, 9.17) is 19.7 Å². The van der Waals surface area contributed by atoms with E-state index in [0.717, 1.165) is 74.0 Å². The zero-order valence-electron chi connectivity index (χ0n) is 23.0. The fourth-order valence-electron chi connectivity index (χ4n) is 4.77. The average Bonchev–Trinajstić information content (AvgIpc) is 3.56. The van der Waals surface area contributed by atoms with Gasteiger partial charge in [0.25, 0.3) is 0 Å². The van der Waals surface area contributed by atoms with Gasteiger partial charge in [0.05, 0.1) is 0 Å². The van der Waals surface area contributed by atoms with Crippen molar-refractivity contribution >= 4 is 71.8 Å². The predicted octanol–water partition coefficient (Wildman–Crippen LogP) is 5.17. The van der Waals surface area contributed by atoms with Gasteiger partial charge in [0, 0.05) is 0 Å².